The van der Waals surface area contributed by atoms with Gasteiger partial charge in [0.25, 0.3) is 0 Å². The fraction of sp³-hybridized carbons (Fsp3) is 0.625. The molecule has 0 amide bonds. The Kier molecular flexibility index (Phi) is 5.26. The molecule has 4 heteroatoms. The van der Waals surface area contributed by atoms with Crippen LogP contribution in [0.3, 0.4) is 0 Å². The van der Waals surface area contributed by atoms with Crippen LogP contribution in [-0.2, 0) is 0 Å². The molecule has 1 N–H and O–H groups in total. The minimum absolute atomic E-state index is 0.306. The van der Waals surface area contributed by atoms with E-state index < -0.39 is 0 Å². The molecule has 2 rings (SSSR count). The highest BCUT2D eigenvalue weighted by atomic mass is 16.5. The number of rotatable bonds is 6. The third-order valence-corrected chi connectivity index (χ3v) is 4.30. The Labute approximate surface area is 122 Å². The Morgan fingerprint density at radius 3 is 2.45 bits per heavy atom. The first-order valence-electron chi connectivity index (χ1n) is 7.34. The van der Waals surface area contributed by atoms with E-state index in [4.69, 9.17) is 9.47 Å². The fourth-order valence-corrected chi connectivity index (χ4v) is 2.54. The molecule has 0 radical (unpaired) electrons. The van der Waals surface area contributed by atoms with Crippen molar-refractivity contribution in [1.82, 2.24) is 10.2 Å². The van der Waals surface area contributed by atoms with Crippen LogP contribution < -0.4 is 14.8 Å². The molecule has 1 aromatic rings. The number of benzene rings is 1. The molecule has 0 aromatic heterocycles. The van der Waals surface area contributed by atoms with Gasteiger partial charge in [0.15, 0.2) is 11.5 Å². The van der Waals surface area contributed by atoms with Crippen LogP contribution in [0, 0.1) is 0 Å². The van der Waals surface area contributed by atoms with Crippen molar-refractivity contribution in [2.75, 3.05) is 40.4 Å². The number of para-hydroxylation sites is 2. The second-order valence-electron chi connectivity index (χ2n) is 5.65. The van der Waals surface area contributed by atoms with Crippen LogP contribution in [0.2, 0.25) is 0 Å². The van der Waals surface area contributed by atoms with Crippen LogP contribution in [0.5, 0.6) is 11.5 Å². The zero-order valence-electron chi connectivity index (χ0n) is 12.8. The summed E-state index contributed by atoms with van der Waals surface area (Å²) in [5.41, 5.74) is 0.306. The van der Waals surface area contributed by atoms with Gasteiger partial charge in [-0.1, -0.05) is 12.1 Å². The summed E-state index contributed by atoms with van der Waals surface area (Å²) in [6, 6.07) is 7.80. The van der Waals surface area contributed by atoms with Crippen molar-refractivity contribution < 1.29 is 9.47 Å². The number of piperidine rings is 1. The van der Waals surface area contributed by atoms with Crippen molar-refractivity contribution in [3.8, 4) is 11.5 Å². The van der Waals surface area contributed by atoms with Gasteiger partial charge >= 0.3 is 0 Å². The molecule has 20 heavy (non-hydrogen) atoms. The summed E-state index contributed by atoms with van der Waals surface area (Å²) in [6.07, 6.45) is 2.39. The molecule has 0 atom stereocenters. The van der Waals surface area contributed by atoms with Gasteiger partial charge in [-0.3, -0.25) is 4.90 Å². The molecule has 1 heterocycles. The topological polar surface area (TPSA) is 33.7 Å². The summed E-state index contributed by atoms with van der Waals surface area (Å²) in [5, 5.41) is 3.42. The Morgan fingerprint density at radius 2 is 1.85 bits per heavy atom. The minimum Gasteiger partial charge on any atom is -0.493 e. The maximum absolute atomic E-state index is 5.83. The van der Waals surface area contributed by atoms with Crippen molar-refractivity contribution in [2.45, 2.75) is 25.3 Å². The van der Waals surface area contributed by atoms with Gasteiger partial charge in [-0.2, -0.15) is 0 Å². The van der Waals surface area contributed by atoms with Crippen molar-refractivity contribution in [3.63, 3.8) is 0 Å². The van der Waals surface area contributed by atoms with Crippen LogP contribution in [0.1, 0.15) is 19.8 Å². The lowest BCUT2D eigenvalue weighted by atomic mass is 9.90. The van der Waals surface area contributed by atoms with Gasteiger partial charge in [0.05, 0.1) is 7.11 Å². The van der Waals surface area contributed by atoms with Gasteiger partial charge in [0, 0.05) is 25.2 Å². The van der Waals surface area contributed by atoms with Crippen molar-refractivity contribution in [2.24, 2.45) is 0 Å². The zero-order valence-corrected chi connectivity index (χ0v) is 12.8. The van der Waals surface area contributed by atoms with Crippen LogP contribution in [-0.4, -0.2) is 50.8 Å². The van der Waals surface area contributed by atoms with E-state index >= 15 is 0 Å². The second-order valence-corrected chi connectivity index (χ2v) is 5.65. The highest BCUT2D eigenvalue weighted by molar-refractivity contribution is 5.39. The number of nitrogens with zero attached hydrogens (tertiary/aromatic N) is 1. The summed E-state index contributed by atoms with van der Waals surface area (Å²) in [7, 11) is 3.73. The van der Waals surface area contributed by atoms with Crippen molar-refractivity contribution >= 4 is 0 Å². The van der Waals surface area contributed by atoms with E-state index in [9.17, 15) is 0 Å². The van der Waals surface area contributed by atoms with Crippen LogP contribution in [0.25, 0.3) is 0 Å². The highest BCUT2D eigenvalue weighted by Gasteiger charge is 2.27. The van der Waals surface area contributed by atoms with Gasteiger partial charge in [-0.25, -0.2) is 0 Å². The SMILES string of the molecule is CNC1(C)CCN(CCOc2ccccc2OC)CC1. The summed E-state index contributed by atoms with van der Waals surface area (Å²) in [4.78, 5) is 2.47. The smallest absolute Gasteiger partial charge is 0.161 e. The highest BCUT2D eigenvalue weighted by Crippen LogP contribution is 2.26. The van der Waals surface area contributed by atoms with Gasteiger partial charge in [-0.15, -0.1) is 0 Å². The van der Waals surface area contributed by atoms with Crippen molar-refractivity contribution in [3.05, 3.63) is 24.3 Å². The Balaban J connectivity index is 1.74. The molecule has 4 nitrogen and oxygen atoms in total. The number of likely N-dealkylation sites (tertiary alicyclic amines) is 1. The molecule has 1 aliphatic rings. The van der Waals surface area contributed by atoms with E-state index in [1.807, 2.05) is 24.3 Å². The van der Waals surface area contributed by atoms with Crippen LogP contribution in [0.4, 0.5) is 0 Å². The average molecular weight is 278 g/mol. The Morgan fingerprint density at radius 1 is 1.20 bits per heavy atom. The maximum atomic E-state index is 5.83. The summed E-state index contributed by atoms with van der Waals surface area (Å²) < 4.78 is 11.1. The third kappa shape index (κ3) is 3.87. The van der Waals surface area contributed by atoms with Gasteiger partial charge in [0.1, 0.15) is 6.61 Å². The largest absolute Gasteiger partial charge is 0.493 e. The van der Waals surface area contributed by atoms with Gasteiger partial charge in [-0.05, 0) is 38.9 Å². The third-order valence-electron chi connectivity index (χ3n) is 4.30. The predicted molar refractivity (Wildman–Crippen MR) is 81.6 cm³/mol. The van der Waals surface area contributed by atoms with Gasteiger partial charge < -0.3 is 14.8 Å². The molecule has 112 valence electrons. The predicted octanol–water partition coefficient (Wildman–Crippen LogP) is 2.15. The van der Waals surface area contributed by atoms with E-state index in [1.54, 1.807) is 7.11 Å². The number of hydrogen-bond donors (Lipinski definition) is 1. The molecular formula is C16H26N2O2. The fourth-order valence-electron chi connectivity index (χ4n) is 2.54. The summed E-state index contributed by atoms with van der Waals surface area (Å²) in [5.74, 6) is 1.63. The van der Waals surface area contributed by atoms with Crippen LogP contribution in [0.15, 0.2) is 24.3 Å². The standard InChI is InChI=1S/C16H26N2O2/c1-16(17-2)8-10-18(11-9-16)12-13-20-15-7-5-4-6-14(15)19-3/h4-7,17H,8-13H2,1-3H3. The molecule has 0 unspecified atom stereocenters. The number of nitrogens with one attached hydrogen (secondary N) is 1. The average Bonchev–Trinajstić information content (AvgIpc) is 2.50. The second kappa shape index (κ2) is 6.95. The molecule has 0 bridgehead atoms. The minimum atomic E-state index is 0.306. The first-order chi connectivity index (χ1) is 9.67. The molecule has 1 saturated heterocycles. The van der Waals surface area contributed by atoms with E-state index in [1.165, 1.54) is 12.8 Å². The van der Waals surface area contributed by atoms with E-state index in [2.05, 4.69) is 24.2 Å². The van der Waals surface area contributed by atoms with Crippen LogP contribution >= 0.6 is 0 Å². The molecule has 0 spiro atoms. The van der Waals surface area contributed by atoms with Gasteiger partial charge in [0.2, 0.25) is 0 Å². The summed E-state index contributed by atoms with van der Waals surface area (Å²) >= 11 is 0. The Hall–Kier alpha value is -1.26. The quantitative estimate of drug-likeness (QED) is 0.864. The molecule has 0 saturated carbocycles. The number of ether oxygens (including phenoxy) is 2. The lowest BCUT2D eigenvalue weighted by Gasteiger charge is -2.39. The molecule has 0 aliphatic carbocycles. The first kappa shape index (κ1) is 15.1. The zero-order chi connectivity index (χ0) is 14.4. The van der Waals surface area contributed by atoms with Crippen molar-refractivity contribution in [1.29, 1.82) is 0 Å². The molecular weight excluding hydrogens is 252 g/mol. The maximum Gasteiger partial charge on any atom is 0.161 e. The Bertz CT molecular complexity index is 415. The first-order valence-corrected chi connectivity index (χ1v) is 7.34. The molecule has 1 fully saturated rings. The number of hydrogen-bond acceptors (Lipinski definition) is 4. The number of methoxy groups -OCH3 is 1. The van der Waals surface area contributed by atoms with E-state index in [0.29, 0.717) is 12.1 Å². The van der Waals surface area contributed by atoms with E-state index in [0.717, 1.165) is 31.1 Å². The summed E-state index contributed by atoms with van der Waals surface area (Å²) in [6.45, 7) is 6.24. The van der Waals surface area contributed by atoms with E-state index in [-0.39, 0.29) is 0 Å². The lowest BCUT2D eigenvalue weighted by molar-refractivity contribution is 0.131. The lowest BCUT2D eigenvalue weighted by Crippen LogP contribution is -2.50. The normalized spacial score (nSPS) is 18.8. The molecule has 1 aliphatic heterocycles. The monoisotopic (exact) mass is 278 g/mol. The molecule has 1 aromatic carbocycles.